The Hall–Kier alpha value is -3.42. The van der Waals surface area contributed by atoms with E-state index in [0.717, 1.165) is 11.0 Å². The SMILES string of the molecule is CCOc1ccc(C(=O)NCc2nc3ccccc3[nH]2)cc1[N+](=O)[O-]. The molecule has 8 heteroatoms. The van der Waals surface area contributed by atoms with Crippen molar-refractivity contribution in [3.63, 3.8) is 0 Å². The molecule has 2 N–H and O–H groups in total. The molecule has 1 aromatic heterocycles. The van der Waals surface area contributed by atoms with Crippen molar-refractivity contribution >= 4 is 22.6 Å². The number of hydrogen-bond acceptors (Lipinski definition) is 5. The maximum absolute atomic E-state index is 12.3. The summed E-state index contributed by atoms with van der Waals surface area (Å²) in [4.78, 5) is 30.3. The molecule has 0 unspecified atom stereocenters. The maximum atomic E-state index is 12.3. The second-order valence-electron chi connectivity index (χ2n) is 5.26. The molecule has 1 amide bonds. The molecule has 0 spiro atoms. The van der Waals surface area contributed by atoms with Crippen molar-refractivity contribution in [3.8, 4) is 5.75 Å². The maximum Gasteiger partial charge on any atom is 0.311 e. The normalized spacial score (nSPS) is 10.6. The third kappa shape index (κ3) is 3.57. The first-order chi connectivity index (χ1) is 12.1. The van der Waals surface area contributed by atoms with E-state index >= 15 is 0 Å². The van der Waals surface area contributed by atoms with Crippen LogP contribution in [0.15, 0.2) is 42.5 Å². The molecule has 0 aliphatic rings. The van der Waals surface area contributed by atoms with Gasteiger partial charge in [-0.15, -0.1) is 0 Å². The largest absolute Gasteiger partial charge is 0.487 e. The highest BCUT2D eigenvalue weighted by molar-refractivity contribution is 5.95. The minimum absolute atomic E-state index is 0.140. The minimum Gasteiger partial charge on any atom is -0.487 e. The van der Waals surface area contributed by atoms with Gasteiger partial charge in [0.2, 0.25) is 0 Å². The average Bonchev–Trinajstić information content (AvgIpc) is 3.03. The Kier molecular flexibility index (Phi) is 4.60. The molecule has 1 heterocycles. The molecular weight excluding hydrogens is 324 g/mol. The lowest BCUT2D eigenvalue weighted by atomic mass is 10.1. The van der Waals surface area contributed by atoms with E-state index < -0.39 is 10.8 Å². The topological polar surface area (TPSA) is 110 Å². The summed E-state index contributed by atoms with van der Waals surface area (Å²) < 4.78 is 5.21. The van der Waals surface area contributed by atoms with Crippen LogP contribution in [0.1, 0.15) is 23.1 Å². The lowest BCUT2D eigenvalue weighted by molar-refractivity contribution is -0.385. The standard InChI is InChI=1S/C17H16N4O4/c1-2-25-15-8-7-11(9-14(15)21(23)24)17(22)18-10-16-19-12-5-3-4-6-13(12)20-16/h3-9H,2,10H2,1H3,(H,18,22)(H,19,20). The summed E-state index contributed by atoms with van der Waals surface area (Å²) in [6, 6.07) is 11.7. The summed E-state index contributed by atoms with van der Waals surface area (Å²) in [5.74, 6) is 0.322. The summed E-state index contributed by atoms with van der Waals surface area (Å²) in [6.45, 7) is 2.23. The van der Waals surface area contributed by atoms with E-state index in [2.05, 4.69) is 15.3 Å². The van der Waals surface area contributed by atoms with Gasteiger partial charge in [0, 0.05) is 11.6 Å². The minimum atomic E-state index is -0.568. The zero-order valence-electron chi connectivity index (χ0n) is 13.5. The molecule has 3 rings (SSSR count). The summed E-state index contributed by atoms with van der Waals surface area (Å²) in [5, 5.41) is 13.8. The molecule has 0 fully saturated rings. The van der Waals surface area contributed by atoms with Crippen LogP contribution >= 0.6 is 0 Å². The van der Waals surface area contributed by atoms with Crippen molar-refractivity contribution in [2.45, 2.75) is 13.5 Å². The molecular formula is C17H16N4O4. The second-order valence-corrected chi connectivity index (χ2v) is 5.26. The van der Waals surface area contributed by atoms with E-state index in [0.29, 0.717) is 12.4 Å². The predicted octanol–water partition coefficient (Wildman–Crippen LogP) is 2.80. The summed E-state index contributed by atoms with van der Waals surface area (Å²) in [6.07, 6.45) is 0. The number of nitrogens with one attached hydrogen (secondary N) is 2. The summed E-state index contributed by atoms with van der Waals surface area (Å²) in [5.41, 5.74) is 1.64. The van der Waals surface area contributed by atoms with Crippen LogP contribution in [0.2, 0.25) is 0 Å². The van der Waals surface area contributed by atoms with Crippen LogP contribution in [0, 0.1) is 10.1 Å². The number of nitro groups is 1. The molecule has 0 radical (unpaired) electrons. The van der Waals surface area contributed by atoms with Gasteiger partial charge in [0.15, 0.2) is 5.75 Å². The van der Waals surface area contributed by atoms with Gasteiger partial charge in [-0.05, 0) is 31.2 Å². The first-order valence-electron chi connectivity index (χ1n) is 7.71. The number of ether oxygens (including phenoxy) is 1. The Balaban J connectivity index is 1.74. The van der Waals surface area contributed by atoms with Gasteiger partial charge < -0.3 is 15.0 Å². The van der Waals surface area contributed by atoms with Crippen LogP contribution in [-0.4, -0.2) is 27.4 Å². The lowest BCUT2D eigenvalue weighted by Crippen LogP contribution is -2.23. The van der Waals surface area contributed by atoms with Gasteiger partial charge in [-0.2, -0.15) is 0 Å². The van der Waals surface area contributed by atoms with Crippen LogP contribution in [0.4, 0.5) is 5.69 Å². The lowest BCUT2D eigenvalue weighted by Gasteiger charge is -2.07. The number of benzene rings is 2. The predicted molar refractivity (Wildman–Crippen MR) is 91.5 cm³/mol. The molecule has 0 aliphatic heterocycles. The highest BCUT2D eigenvalue weighted by Crippen LogP contribution is 2.28. The zero-order valence-corrected chi connectivity index (χ0v) is 13.5. The number of imidazole rings is 1. The number of carbonyl (C=O) groups is 1. The average molecular weight is 340 g/mol. The van der Waals surface area contributed by atoms with Crippen molar-refractivity contribution in [2.75, 3.05) is 6.61 Å². The number of aromatic nitrogens is 2. The van der Waals surface area contributed by atoms with E-state index in [-0.39, 0.29) is 23.5 Å². The number of carbonyl (C=O) groups excluding carboxylic acids is 1. The molecule has 0 atom stereocenters. The van der Waals surface area contributed by atoms with Crippen molar-refractivity contribution in [1.82, 2.24) is 15.3 Å². The molecule has 128 valence electrons. The molecule has 3 aromatic rings. The van der Waals surface area contributed by atoms with Crippen LogP contribution < -0.4 is 10.1 Å². The van der Waals surface area contributed by atoms with Gasteiger partial charge >= 0.3 is 5.69 Å². The number of aromatic amines is 1. The fourth-order valence-corrected chi connectivity index (χ4v) is 2.43. The first kappa shape index (κ1) is 16.4. The quantitative estimate of drug-likeness (QED) is 0.529. The van der Waals surface area contributed by atoms with E-state index in [1.807, 2.05) is 24.3 Å². The number of para-hydroxylation sites is 2. The number of fused-ring (bicyclic) bond motifs is 1. The van der Waals surface area contributed by atoms with E-state index in [1.165, 1.54) is 18.2 Å². The van der Waals surface area contributed by atoms with Crippen LogP contribution in [0.25, 0.3) is 11.0 Å². The Morgan fingerprint density at radius 1 is 1.32 bits per heavy atom. The fourth-order valence-electron chi connectivity index (χ4n) is 2.43. The smallest absolute Gasteiger partial charge is 0.311 e. The van der Waals surface area contributed by atoms with Crippen LogP contribution in [-0.2, 0) is 6.54 Å². The Morgan fingerprint density at radius 3 is 2.84 bits per heavy atom. The van der Waals surface area contributed by atoms with Gasteiger partial charge in [0.05, 0.1) is 29.1 Å². The number of rotatable bonds is 6. The highest BCUT2D eigenvalue weighted by atomic mass is 16.6. The van der Waals surface area contributed by atoms with Crippen LogP contribution in [0.5, 0.6) is 5.75 Å². The second kappa shape index (κ2) is 7.00. The summed E-state index contributed by atoms with van der Waals surface area (Å²) in [7, 11) is 0. The molecule has 0 bridgehead atoms. The number of nitro benzene ring substituents is 1. The van der Waals surface area contributed by atoms with Crippen molar-refractivity contribution in [1.29, 1.82) is 0 Å². The molecule has 0 aliphatic carbocycles. The third-order valence-electron chi connectivity index (χ3n) is 3.57. The molecule has 0 saturated heterocycles. The van der Waals surface area contributed by atoms with Crippen molar-refractivity contribution in [2.24, 2.45) is 0 Å². The van der Waals surface area contributed by atoms with Crippen LogP contribution in [0.3, 0.4) is 0 Å². The van der Waals surface area contributed by atoms with Gasteiger partial charge in [-0.3, -0.25) is 14.9 Å². The Labute approximate surface area is 143 Å². The molecule has 8 nitrogen and oxygen atoms in total. The van der Waals surface area contributed by atoms with Gasteiger partial charge in [0.25, 0.3) is 5.91 Å². The van der Waals surface area contributed by atoms with Gasteiger partial charge in [-0.25, -0.2) is 4.98 Å². The Bertz CT molecular complexity index is 902. The molecule has 25 heavy (non-hydrogen) atoms. The van der Waals surface area contributed by atoms with E-state index in [4.69, 9.17) is 4.74 Å². The summed E-state index contributed by atoms with van der Waals surface area (Å²) >= 11 is 0. The highest BCUT2D eigenvalue weighted by Gasteiger charge is 2.18. The zero-order chi connectivity index (χ0) is 17.8. The van der Waals surface area contributed by atoms with Crippen molar-refractivity contribution in [3.05, 3.63) is 64.0 Å². The van der Waals surface area contributed by atoms with E-state index in [1.54, 1.807) is 6.92 Å². The Morgan fingerprint density at radius 2 is 2.12 bits per heavy atom. The van der Waals surface area contributed by atoms with E-state index in [9.17, 15) is 14.9 Å². The number of amides is 1. The molecule has 2 aromatic carbocycles. The number of H-pyrrole nitrogens is 1. The van der Waals surface area contributed by atoms with Crippen molar-refractivity contribution < 1.29 is 14.5 Å². The number of hydrogen-bond donors (Lipinski definition) is 2. The first-order valence-corrected chi connectivity index (χ1v) is 7.71. The monoisotopic (exact) mass is 340 g/mol. The fraction of sp³-hybridized carbons (Fsp3) is 0.176. The number of nitrogens with zero attached hydrogens (tertiary/aromatic N) is 2. The third-order valence-corrected chi connectivity index (χ3v) is 3.57. The molecule has 0 saturated carbocycles. The van der Waals surface area contributed by atoms with Gasteiger partial charge in [-0.1, -0.05) is 12.1 Å². The van der Waals surface area contributed by atoms with Gasteiger partial charge in [0.1, 0.15) is 5.82 Å².